The second kappa shape index (κ2) is 12.8. The Bertz CT molecular complexity index is 1820. The number of aryl methyl sites for hydroxylation is 1. The van der Waals surface area contributed by atoms with E-state index in [2.05, 4.69) is 34.1 Å². The van der Waals surface area contributed by atoms with E-state index in [1.165, 1.54) is 15.9 Å². The maximum atomic E-state index is 14.5. The minimum absolute atomic E-state index is 0.00670. The number of para-hydroxylation sites is 2. The third-order valence-corrected chi connectivity index (χ3v) is 10.1. The van der Waals surface area contributed by atoms with Gasteiger partial charge in [-0.1, -0.05) is 72.8 Å². The van der Waals surface area contributed by atoms with E-state index in [0.717, 1.165) is 44.0 Å². The zero-order chi connectivity index (χ0) is 30.7. The van der Waals surface area contributed by atoms with Crippen LogP contribution in [0.5, 0.6) is 0 Å². The molecule has 0 amide bonds. The summed E-state index contributed by atoms with van der Waals surface area (Å²) >= 11 is 0. The van der Waals surface area contributed by atoms with Crippen LogP contribution in [0.25, 0.3) is 11.0 Å². The van der Waals surface area contributed by atoms with Gasteiger partial charge in [-0.3, -0.25) is 9.21 Å². The summed E-state index contributed by atoms with van der Waals surface area (Å²) in [7, 11) is -4.03. The number of rotatable bonds is 10. The Kier molecular flexibility index (Phi) is 8.72. The molecule has 1 aromatic heterocycles. The summed E-state index contributed by atoms with van der Waals surface area (Å²) in [5.74, 6) is 0.00670. The van der Waals surface area contributed by atoms with E-state index < -0.39 is 16.3 Å². The Morgan fingerprint density at radius 2 is 1.45 bits per heavy atom. The molecule has 0 atom stereocenters. The van der Waals surface area contributed by atoms with E-state index in [4.69, 9.17) is 4.42 Å². The molecule has 1 fully saturated rings. The summed E-state index contributed by atoms with van der Waals surface area (Å²) in [6.45, 7) is 6.13. The van der Waals surface area contributed by atoms with Crippen LogP contribution in [0.1, 0.15) is 28.7 Å². The molecule has 0 spiro atoms. The van der Waals surface area contributed by atoms with Crippen LogP contribution in [0.15, 0.2) is 112 Å². The van der Waals surface area contributed by atoms with Gasteiger partial charge in [-0.05, 0) is 54.8 Å². The first kappa shape index (κ1) is 29.9. The average molecular weight is 612 g/mol. The van der Waals surface area contributed by atoms with E-state index in [-0.39, 0.29) is 17.2 Å². The normalized spacial score (nSPS) is 14.4. The zero-order valence-electron chi connectivity index (χ0n) is 24.7. The highest BCUT2D eigenvalue weighted by atomic mass is 32.2. The van der Waals surface area contributed by atoms with Crippen LogP contribution in [-0.4, -0.2) is 56.3 Å². The first-order chi connectivity index (χ1) is 21.3. The number of anilines is 2. The fraction of sp³-hybridized carbons (Fsp3) is 0.257. The summed E-state index contributed by atoms with van der Waals surface area (Å²) in [6, 6.07) is 32.7. The van der Waals surface area contributed by atoms with E-state index >= 15 is 0 Å². The number of sulfonamides is 1. The van der Waals surface area contributed by atoms with Crippen LogP contribution in [-0.2, 0) is 23.0 Å². The number of aliphatic hydroxyl groups excluding tert-OH is 1. The lowest BCUT2D eigenvalue weighted by molar-refractivity contribution is -0.0576. The van der Waals surface area contributed by atoms with Crippen molar-refractivity contribution in [2.24, 2.45) is 0 Å². The highest BCUT2D eigenvalue weighted by Gasteiger charge is 2.30. The minimum Gasteiger partial charge on any atom is -0.455 e. The summed E-state index contributed by atoms with van der Waals surface area (Å²) < 4.78 is 36.1. The molecule has 5 aromatic rings. The highest BCUT2D eigenvalue weighted by molar-refractivity contribution is 7.92. The molecule has 6 rings (SSSR count). The number of furan rings is 1. The molecule has 0 unspecified atom stereocenters. The molecule has 0 aliphatic carbocycles. The molecule has 0 radical (unpaired) electrons. The van der Waals surface area contributed by atoms with Crippen LogP contribution < -0.4 is 9.21 Å². The van der Waals surface area contributed by atoms with Crippen molar-refractivity contribution in [1.29, 1.82) is 0 Å². The lowest BCUT2D eigenvalue weighted by Crippen LogP contribution is -2.46. The molecular weight excluding hydrogens is 574 g/mol. The molecule has 228 valence electrons. The maximum absolute atomic E-state index is 14.5. The number of nitrogens with zero attached hydrogens (tertiary/aromatic N) is 3. The smallest absolute Gasteiger partial charge is 0.264 e. The Hall–Kier alpha value is -4.15. The van der Waals surface area contributed by atoms with E-state index in [1.54, 1.807) is 19.1 Å². The number of piperazine rings is 1. The molecule has 4 aromatic carbocycles. The molecule has 2 heterocycles. The quantitative estimate of drug-likeness (QED) is 0.202. The van der Waals surface area contributed by atoms with Gasteiger partial charge in [-0.15, -0.1) is 0 Å². The third-order valence-electron chi connectivity index (χ3n) is 8.33. The number of hydrogen-bond acceptors (Lipinski definition) is 7. The van der Waals surface area contributed by atoms with Gasteiger partial charge in [0.15, 0.2) is 5.76 Å². The van der Waals surface area contributed by atoms with Gasteiger partial charge in [0.05, 0.1) is 16.3 Å². The molecule has 1 saturated heterocycles. The van der Waals surface area contributed by atoms with Crippen molar-refractivity contribution in [2.45, 2.75) is 31.1 Å². The molecule has 1 aliphatic heterocycles. The van der Waals surface area contributed by atoms with Crippen molar-refractivity contribution < 1.29 is 23.0 Å². The van der Waals surface area contributed by atoms with Gasteiger partial charge < -0.3 is 19.5 Å². The van der Waals surface area contributed by atoms with Crippen LogP contribution >= 0.6 is 0 Å². The van der Waals surface area contributed by atoms with Crippen LogP contribution in [0.3, 0.4) is 0 Å². The SMILES string of the molecule is Cc1c(C(O)O)oc2ccc(S(=O)(=O)N(CCc3ccccc3)c3ccccc3N3CCN(Cc4ccccc4)CC3)cc12. The molecule has 0 saturated carbocycles. The van der Waals surface area contributed by atoms with Crippen molar-refractivity contribution >= 4 is 32.4 Å². The summed E-state index contributed by atoms with van der Waals surface area (Å²) in [4.78, 5) is 4.82. The molecular formula is C35H37N3O5S. The topological polar surface area (TPSA) is 97.5 Å². The van der Waals surface area contributed by atoms with Crippen molar-refractivity contribution in [3.63, 3.8) is 0 Å². The fourth-order valence-corrected chi connectivity index (χ4v) is 7.44. The predicted octanol–water partition coefficient (Wildman–Crippen LogP) is 5.48. The first-order valence-corrected chi connectivity index (χ1v) is 16.3. The number of benzene rings is 4. The van der Waals surface area contributed by atoms with Crippen molar-refractivity contribution in [1.82, 2.24) is 4.90 Å². The van der Waals surface area contributed by atoms with Crippen molar-refractivity contribution in [3.05, 3.63) is 126 Å². The fourth-order valence-electron chi connectivity index (χ4n) is 5.93. The molecule has 1 aliphatic rings. The Balaban J connectivity index is 1.33. The highest BCUT2D eigenvalue weighted by Crippen LogP contribution is 2.36. The zero-order valence-corrected chi connectivity index (χ0v) is 25.5. The number of fused-ring (bicyclic) bond motifs is 1. The Labute approximate surface area is 258 Å². The molecule has 2 N–H and O–H groups in total. The minimum atomic E-state index is -4.03. The number of hydrogen-bond donors (Lipinski definition) is 2. The number of aliphatic hydroxyl groups is 2. The van der Waals surface area contributed by atoms with Gasteiger partial charge in [0.1, 0.15) is 5.58 Å². The third kappa shape index (κ3) is 6.23. The van der Waals surface area contributed by atoms with Gasteiger partial charge >= 0.3 is 0 Å². The van der Waals surface area contributed by atoms with Crippen LogP contribution in [0.2, 0.25) is 0 Å². The lowest BCUT2D eigenvalue weighted by Gasteiger charge is -2.38. The molecule has 8 nitrogen and oxygen atoms in total. The Morgan fingerprint density at radius 1 is 0.818 bits per heavy atom. The summed E-state index contributed by atoms with van der Waals surface area (Å²) in [5, 5.41) is 20.0. The largest absolute Gasteiger partial charge is 0.455 e. The molecule has 44 heavy (non-hydrogen) atoms. The first-order valence-electron chi connectivity index (χ1n) is 14.9. The van der Waals surface area contributed by atoms with Crippen molar-refractivity contribution in [3.8, 4) is 0 Å². The summed E-state index contributed by atoms with van der Waals surface area (Å²) in [5.41, 5.74) is 4.74. The Morgan fingerprint density at radius 3 is 2.14 bits per heavy atom. The van der Waals surface area contributed by atoms with E-state index in [1.807, 2.05) is 60.7 Å². The van der Waals surface area contributed by atoms with Crippen LogP contribution in [0.4, 0.5) is 11.4 Å². The molecule has 9 heteroatoms. The standard InChI is InChI=1S/C35H37N3O5S/c1-26-30-24-29(16-17-33(30)43-34(26)35(39)40)44(41,42)38(19-18-27-10-4-2-5-11-27)32-15-9-8-14-31(32)37-22-20-36(21-23-37)25-28-12-6-3-7-13-28/h2-17,24,35,39-40H,18-23,25H2,1H3. The van der Waals surface area contributed by atoms with Gasteiger partial charge in [0, 0.05) is 50.2 Å². The lowest BCUT2D eigenvalue weighted by atomic mass is 10.1. The van der Waals surface area contributed by atoms with Gasteiger partial charge in [0.25, 0.3) is 10.0 Å². The van der Waals surface area contributed by atoms with E-state index in [9.17, 15) is 18.6 Å². The average Bonchev–Trinajstić information content (AvgIpc) is 3.38. The second-order valence-corrected chi connectivity index (χ2v) is 13.0. The summed E-state index contributed by atoms with van der Waals surface area (Å²) in [6.07, 6.45) is -1.25. The second-order valence-electron chi connectivity index (χ2n) is 11.2. The van der Waals surface area contributed by atoms with Gasteiger partial charge in [-0.25, -0.2) is 8.42 Å². The predicted molar refractivity (Wildman–Crippen MR) is 173 cm³/mol. The van der Waals surface area contributed by atoms with Gasteiger partial charge in [0.2, 0.25) is 6.29 Å². The van der Waals surface area contributed by atoms with E-state index in [0.29, 0.717) is 28.6 Å². The monoisotopic (exact) mass is 611 g/mol. The van der Waals surface area contributed by atoms with Crippen molar-refractivity contribution in [2.75, 3.05) is 41.9 Å². The molecule has 0 bridgehead atoms. The van der Waals surface area contributed by atoms with Gasteiger partial charge in [-0.2, -0.15) is 0 Å². The maximum Gasteiger partial charge on any atom is 0.264 e. The van der Waals surface area contributed by atoms with Crippen LogP contribution in [0, 0.1) is 6.92 Å².